The van der Waals surface area contributed by atoms with Gasteiger partial charge in [0, 0.05) is 38.8 Å². The van der Waals surface area contributed by atoms with Crippen LogP contribution in [-0.2, 0) is 0 Å². The van der Waals surface area contributed by atoms with Crippen molar-refractivity contribution in [2.24, 2.45) is 0 Å². The van der Waals surface area contributed by atoms with E-state index < -0.39 is 0 Å². The van der Waals surface area contributed by atoms with Gasteiger partial charge in [0.15, 0.2) is 12.0 Å². The number of aromatic nitrogens is 1. The molecule has 0 aliphatic carbocycles. The van der Waals surface area contributed by atoms with Gasteiger partial charge in [-0.2, -0.15) is 0 Å². The Hall–Kier alpha value is -6.78. The predicted molar refractivity (Wildman–Crippen MR) is 212 cm³/mol. The van der Waals surface area contributed by atoms with Gasteiger partial charge in [-0.05, 0) is 77.2 Å². The van der Waals surface area contributed by atoms with Gasteiger partial charge >= 0.3 is 0 Å². The Morgan fingerprint density at radius 2 is 1.14 bits per heavy atom. The maximum atomic E-state index is 6.52. The molecule has 1 unspecified atom stereocenters. The lowest BCUT2D eigenvalue weighted by Gasteiger charge is -2.26. The van der Waals surface area contributed by atoms with Crippen LogP contribution in [0.2, 0.25) is 0 Å². The molecule has 0 saturated carbocycles. The molecule has 1 aliphatic heterocycles. The Morgan fingerprint density at radius 1 is 0.490 bits per heavy atom. The summed E-state index contributed by atoms with van der Waals surface area (Å²) >= 11 is 0. The molecule has 0 fully saturated rings. The van der Waals surface area contributed by atoms with E-state index in [1.807, 2.05) is 18.2 Å². The minimum Gasteiger partial charge on any atom is -0.464 e. The number of nitrogens with one attached hydrogen (secondary N) is 1. The SMILES string of the molecule is c1ccc(C2Nc3ccc4c(-c5ccc(N(c6ccccc6)c6cccc7c6c6ccccc6n7-c6ccccc6)cc5)cccc4c3O2)cc1. The van der Waals surface area contributed by atoms with Gasteiger partial charge in [-0.25, -0.2) is 0 Å². The summed E-state index contributed by atoms with van der Waals surface area (Å²) in [6.45, 7) is 0. The molecule has 4 heteroatoms. The lowest BCUT2D eigenvalue weighted by Crippen LogP contribution is -2.10. The van der Waals surface area contributed by atoms with E-state index in [1.165, 1.54) is 27.4 Å². The van der Waals surface area contributed by atoms with Crippen LogP contribution < -0.4 is 15.0 Å². The molecule has 0 radical (unpaired) electrons. The zero-order chi connectivity index (χ0) is 33.7. The number of para-hydroxylation sites is 3. The van der Waals surface area contributed by atoms with E-state index in [4.69, 9.17) is 4.74 Å². The molecule has 2 heterocycles. The van der Waals surface area contributed by atoms with Crippen LogP contribution in [0.3, 0.4) is 0 Å². The summed E-state index contributed by atoms with van der Waals surface area (Å²) in [5.41, 5.74) is 11.3. The third kappa shape index (κ3) is 4.84. The van der Waals surface area contributed by atoms with Crippen LogP contribution >= 0.6 is 0 Å². The standard InChI is InChI=1S/C47H33N3O/c1-4-14-33(15-5-1)47-48-41-31-30-38-37(21-12-22-39(38)46(41)51-47)32-26-28-36(29-27-32)49(34-16-6-2-7-17-34)43-24-13-25-44-45(43)40-20-10-11-23-42(40)50(44)35-18-8-3-9-19-35/h1-31,47-48H. The molecular weight excluding hydrogens is 623 g/mol. The number of fused-ring (bicyclic) bond motifs is 6. The quantitative estimate of drug-likeness (QED) is 0.193. The first-order valence-corrected chi connectivity index (χ1v) is 17.4. The molecule has 9 aromatic rings. The molecule has 8 aromatic carbocycles. The fourth-order valence-electron chi connectivity index (χ4n) is 7.73. The number of nitrogens with zero attached hydrogens (tertiary/aromatic N) is 2. The zero-order valence-corrected chi connectivity index (χ0v) is 27.8. The molecule has 10 rings (SSSR count). The topological polar surface area (TPSA) is 29.4 Å². The van der Waals surface area contributed by atoms with Crippen LogP contribution in [0.4, 0.5) is 22.7 Å². The van der Waals surface area contributed by atoms with Crippen molar-refractivity contribution < 1.29 is 4.74 Å². The molecule has 1 aromatic heterocycles. The molecule has 51 heavy (non-hydrogen) atoms. The Labute approximate surface area is 296 Å². The van der Waals surface area contributed by atoms with E-state index in [2.05, 4.69) is 185 Å². The number of anilines is 4. The van der Waals surface area contributed by atoms with Crippen LogP contribution in [0.15, 0.2) is 188 Å². The third-order valence-electron chi connectivity index (χ3n) is 10.0. The Kier molecular flexibility index (Phi) is 6.85. The summed E-state index contributed by atoms with van der Waals surface area (Å²) in [6, 6.07) is 66.8. The van der Waals surface area contributed by atoms with Crippen molar-refractivity contribution >= 4 is 55.3 Å². The average Bonchev–Trinajstić information content (AvgIpc) is 3.80. The Bertz CT molecular complexity index is 2680. The lowest BCUT2D eigenvalue weighted by molar-refractivity contribution is 0.262. The van der Waals surface area contributed by atoms with Crippen LogP contribution in [0.1, 0.15) is 11.8 Å². The van der Waals surface area contributed by atoms with Gasteiger partial charge in [0.05, 0.1) is 22.4 Å². The normalized spacial score (nSPS) is 13.6. The van der Waals surface area contributed by atoms with E-state index >= 15 is 0 Å². The van der Waals surface area contributed by atoms with Gasteiger partial charge in [-0.15, -0.1) is 0 Å². The minimum absolute atomic E-state index is 0.204. The second kappa shape index (κ2) is 12.0. The second-order valence-electron chi connectivity index (χ2n) is 13.0. The summed E-state index contributed by atoms with van der Waals surface area (Å²) in [5, 5.41) is 8.27. The van der Waals surface area contributed by atoms with E-state index in [-0.39, 0.29) is 6.23 Å². The van der Waals surface area contributed by atoms with Crippen molar-refractivity contribution in [2.45, 2.75) is 6.23 Å². The first kappa shape index (κ1) is 29.2. The minimum atomic E-state index is -0.204. The van der Waals surface area contributed by atoms with Gasteiger partial charge in [0.25, 0.3) is 0 Å². The summed E-state index contributed by atoms with van der Waals surface area (Å²) in [4.78, 5) is 2.38. The van der Waals surface area contributed by atoms with Crippen LogP contribution in [0.5, 0.6) is 5.75 Å². The van der Waals surface area contributed by atoms with Gasteiger partial charge in [-0.3, -0.25) is 0 Å². The highest BCUT2D eigenvalue weighted by molar-refractivity contribution is 6.16. The highest BCUT2D eigenvalue weighted by Crippen LogP contribution is 2.47. The Balaban J connectivity index is 1.09. The van der Waals surface area contributed by atoms with E-state index in [9.17, 15) is 0 Å². The molecule has 0 amide bonds. The maximum absolute atomic E-state index is 6.52. The van der Waals surface area contributed by atoms with Crippen LogP contribution in [-0.4, -0.2) is 4.57 Å². The average molecular weight is 656 g/mol. The largest absolute Gasteiger partial charge is 0.464 e. The van der Waals surface area contributed by atoms with Crippen LogP contribution in [0.25, 0.3) is 49.4 Å². The molecule has 1 atom stereocenters. The summed E-state index contributed by atoms with van der Waals surface area (Å²) in [7, 11) is 0. The molecule has 4 nitrogen and oxygen atoms in total. The lowest BCUT2D eigenvalue weighted by atomic mass is 9.97. The van der Waals surface area contributed by atoms with Crippen molar-refractivity contribution in [1.82, 2.24) is 4.57 Å². The van der Waals surface area contributed by atoms with Crippen molar-refractivity contribution in [3.05, 3.63) is 194 Å². The van der Waals surface area contributed by atoms with Gasteiger partial charge < -0.3 is 19.5 Å². The van der Waals surface area contributed by atoms with E-state index in [0.29, 0.717) is 0 Å². The monoisotopic (exact) mass is 655 g/mol. The highest BCUT2D eigenvalue weighted by atomic mass is 16.5. The van der Waals surface area contributed by atoms with E-state index in [1.54, 1.807) is 0 Å². The second-order valence-corrected chi connectivity index (χ2v) is 13.0. The van der Waals surface area contributed by atoms with Crippen molar-refractivity contribution in [3.63, 3.8) is 0 Å². The fourth-order valence-corrected chi connectivity index (χ4v) is 7.73. The zero-order valence-electron chi connectivity index (χ0n) is 27.8. The predicted octanol–water partition coefficient (Wildman–Crippen LogP) is 12.6. The third-order valence-corrected chi connectivity index (χ3v) is 10.0. The number of rotatable bonds is 6. The van der Waals surface area contributed by atoms with Gasteiger partial charge in [0.2, 0.25) is 0 Å². The highest BCUT2D eigenvalue weighted by Gasteiger charge is 2.26. The molecule has 0 saturated heterocycles. The molecular formula is C47H33N3O. The molecule has 1 aliphatic rings. The number of hydrogen-bond acceptors (Lipinski definition) is 3. The molecule has 0 bridgehead atoms. The number of ether oxygens (including phenoxy) is 1. The van der Waals surface area contributed by atoms with Crippen molar-refractivity contribution in [1.29, 1.82) is 0 Å². The summed E-state index contributed by atoms with van der Waals surface area (Å²) in [5.74, 6) is 0.901. The molecule has 242 valence electrons. The molecule has 1 N–H and O–H groups in total. The van der Waals surface area contributed by atoms with Gasteiger partial charge in [0.1, 0.15) is 0 Å². The van der Waals surface area contributed by atoms with Crippen molar-refractivity contribution in [3.8, 4) is 22.6 Å². The first-order chi connectivity index (χ1) is 25.3. The summed E-state index contributed by atoms with van der Waals surface area (Å²) in [6.07, 6.45) is -0.204. The maximum Gasteiger partial charge on any atom is 0.196 e. The molecule has 0 spiro atoms. The fraction of sp³-hybridized carbons (Fsp3) is 0.0213. The van der Waals surface area contributed by atoms with Crippen molar-refractivity contribution in [2.75, 3.05) is 10.2 Å². The number of benzene rings is 8. The first-order valence-electron chi connectivity index (χ1n) is 17.4. The Morgan fingerprint density at radius 3 is 1.94 bits per heavy atom. The van der Waals surface area contributed by atoms with Gasteiger partial charge in [-0.1, -0.05) is 127 Å². The van der Waals surface area contributed by atoms with E-state index in [0.717, 1.165) is 56.1 Å². The smallest absolute Gasteiger partial charge is 0.196 e. The summed E-state index contributed by atoms with van der Waals surface area (Å²) < 4.78 is 8.90. The number of hydrogen-bond donors (Lipinski definition) is 1. The van der Waals surface area contributed by atoms with Crippen LogP contribution in [0, 0.1) is 0 Å².